The third kappa shape index (κ3) is 11.0. The van der Waals surface area contributed by atoms with Crippen LogP contribution >= 0.6 is 24.0 Å². The summed E-state index contributed by atoms with van der Waals surface area (Å²) >= 11 is 0. The number of ether oxygens (including phenoxy) is 1. The molecule has 3 N–H and O–H groups in total. The van der Waals surface area contributed by atoms with Crippen molar-refractivity contribution in [3.05, 3.63) is 0 Å². The van der Waals surface area contributed by atoms with E-state index in [1.807, 2.05) is 27.7 Å². The molecule has 0 aromatic rings. The predicted molar refractivity (Wildman–Crippen MR) is 121 cm³/mol. The first-order chi connectivity index (χ1) is 12.1. The molecule has 0 radical (unpaired) electrons. The number of carbonyl (C=O) groups is 1. The van der Waals surface area contributed by atoms with E-state index in [0.717, 1.165) is 25.3 Å². The Morgan fingerprint density at radius 3 is 2.44 bits per heavy atom. The van der Waals surface area contributed by atoms with E-state index in [1.165, 1.54) is 0 Å². The Morgan fingerprint density at radius 1 is 1.33 bits per heavy atom. The number of hydrogen-bond acceptors (Lipinski definition) is 4. The quantitative estimate of drug-likeness (QED) is 0.272. The minimum absolute atomic E-state index is 0. The molecule has 8 heteroatoms. The minimum atomic E-state index is -0.468. The van der Waals surface area contributed by atoms with E-state index in [2.05, 4.69) is 29.5 Å². The standard InChI is InChI=1S/C19H38N4O3.HI/c1-7-20-17(21-11-15(8-9-24)10-14(2)3)22-16-12-23(13-16)18(25)26-19(4,5)6;/h14-16,24H,7-13H2,1-6H3,(H2,20,21,22);1H. The van der Waals surface area contributed by atoms with E-state index in [4.69, 9.17) is 4.74 Å². The zero-order valence-electron chi connectivity index (χ0n) is 17.7. The summed E-state index contributed by atoms with van der Waals surface area (Å²) in [5.41, 5.74) is -0.468. The molecule has 27 heavy (non-hydrogen) atoms. The van der Waals surface area contributed by atoms with Gasteiger partial charge in [0.25, 0.3) is 0 Å². The molecule has 1 aliphatic heterocycles. The van der Waals surface area contributed by atoms with Crippen molar-refractivity contribution < 1.29 is 14.6 Å². The van der Waals surface area contributed by atoms with E-state index in [-0.39, 0.29) is 42.7 Å². The second-order valence-corrected chi connectivity index (χ2v) is 8.45. The van der Waals surface area contributed by atoms with Crippen molar-refractivity contribution in [3.8, 4) is 0 Å². The van der Waals surface area contributed by atoms with Crippen molar-refractivity contribution in [3.63, 3.8) is 0 Å². The summed E-state index contributed by atoms with van der Waals surface area (Å²) in [5.74, 6) is 1.74. The van der Waals surface area contributed by atoms with E-state index < -0.39 is 5.60 Å². The number of amides is 1. The highest BCUT2D eigenvalue weighted by Crippen LogP contribution is 2.17. The highest BCUT2D eigenvalue weighted by molar-refractivity contribution is 14.0. The number of hydrogen-bond donors (Lipinski definition) is 3. The maximum absolute atomic E-state index is 12.0. The molecule has 0 saturated carbocycles. The first-order valence-electron chi connectivity index (χ1n) is 9.78. The predicted octanol–water partition coefficient (Wildman–Crippen LogP) is 2.82. The number of nitrogens with zero attached hydrogens (tertiary/aromatic N) is 2. The third-order valence-corrected chi connectivity index (χ3v) is 4.07. The van der Waals surface area contributed by atoms with Crippen LogP contribution in [0.15, 0.2) is 4.99 Å². The summed E-state index contributed by atoms with van der Waals surface area (Å²) < 4.78 is 5.37. The third-order valence-electron chi connectivity index (χ3n) is 4.07. The number of halogens is 1. The van der Waals surface area contributed by atoms with Gasteiger partial charge in [-0.1, -0.05) is 13.8 Å². The lowest BCUT2D eigenvalue weighted by atomic mass is 9.94. The average Bonchev–Trinajstić information content (AvgIpc) is 2.45. The number of rotatable bonds is 8. The smallest absolute Gasteiger partial charge is 0.410 e. The van der Waals surface area contributed by atoms with Crippen molar-refractivity contribution in [1.29, 1.82) is 0 Å². The van der Waals surface area contributed by atoms with E-state index in [1.54, 1.807) is 4.90 Å². The fourth-order valence-electron chi connectivity index (χ4n) is 2.91. The zero-order chi connectivity index (χ0) is 19.7. The molecule has 0 spiro atoms. The number of nitrogens with one attached hydrogen (secondary N) is 2. The molecule has 1 aliphatic rings. The van der Waals surface area contributed by atoms with Gasteiger partial charge in [0.1, 0.15) is 5.60 Å². The van der Waals surface area contributed by atoms with Gasteiger partial charge in [-0.25, -0.2) is 4.79 Å². The lowest BCUT2D eigenvalue weighted by Crippen LogP contribution is -2.63. The Balaban J connectivity index is 0.00000676. The molecule has 1 unspecified atom stereocenters. The normalized spacial score (nSPS) is 16.4. The molecule has 0 aromatic carbocycles. The molecule has 160 valence electrons. The average molecular weight is 498 g/mol. The molecule has 1 heterocycles. The van der Waals surface area contributed by atoms with Crippen LogP contribution in [0.25, 0.3) is 0 Å². The van der Waals surface area contributed by atoms with Crippen molar-refractivity contribution in [1.82, 2.24) is 15.5 Å². The molecular formula is C19H39IN4O3. The Morgan fingerprint density at radius 2 is 1.96 bits per heavy atom. The Bertz CT molecular complexity index is 460. The van der Waals surface area contributed by atoms with Gasteiger partial charge in [0.2, 0.25) is 0 Å². The van der Waals surface area contributed by atoms with Gasteiger partial charge in [0.15, 0.2) is 5.96 Å². The van der Waals surface area contributed by atoms with Crippen molar-refractivity contribution >= 4 is 36.0 Å². The summed E-state index contributed by atoms with van der Waals surface area (Å²) in [6, 6.07) is 0.182. The highest BCUT2D eigenvalue weighted by Gasteiger charge is 2.34. The molecule has 0 aromatic heterocycles. The van der Waals surface area contributed by atoms with Gasteiger partial charge in [-0.15, -0.1) is 24.0 Å². The number of likely N-dealkylation sites (tertiary alicyclic amines) is 1. The van der Waals surface area contributed by atoms with Crippen molar-refractivity contribution in [2.45, 2.75) is 66.0 Å². The van der Waals surface area contributed by atoms with Crippen LogP contribution in [-0.2, 0) is 4.74 Å². The van der Waals surface area contributed by atoms with Crippen LogP contribution in [0, 0.1) is 11.8 Å². The summed E-state index contributed by atoms with van der Waals surface area (Å²) in [4.78, 5) is 18.4. The van der Waals surface area contributed by atoms with Crippen LogP contribution in [0.4, 0.5) is 4.79 Å². The molecule has 1 amide bonds. The fourth-order valence-corrected chi connectivity index (χ4v) is 2.91. The molecule has 1 atom stereocenters. The van der Waals surface area contributed by atoms with Crippen molar-refractivity contribution in [2.75, 3.05) is 32.8 Å². The second kappa shape index (κ2) is 12.6. The van der Waals surface area contributed by atoms with Gasteiger partial charge >= 0.3 is 6.09 Å². The Labute approximate surface area is 181 Å². The molecule has 0 bridgehead atoms. The van der Waals surface area contributed by atoms with E-state index in [9.17, 15) is 9.90 Å². The van der Waals surface area contributed by atoms with Crippen LogP contribution in [0.2, 0.25) is 0 Å². The van der Waals surface area contributed by atoms with Crippen LogP contribution in [0.1, 0.15) is 54.4 Å². The highest BCUT2D eigenvalue weighted by atomic mass is 127. The number of guanidine groups is 1. The monoisotopic (exact) mass is 498 g/mol. The molecular weight excluding hydrogens is 459 g/mol. The lowest BCUT2D eigenvalue weighted by molar-refractivity contribution is 0.00700. The zero-order valence-corrected chi connectivity index (χ0v) is 20.1. The van der Waals surface area contributed by atoms with Crippen LogP contribution in [0.3, 0.4) is 0 Å². The largest absolute Gasteiger partial charge is 0.444 e. The molecule has 1 fully saturated rings. The lowest BCUT2D eigenvalue weighted by Gasteiger charge is -2.40. The summed E-state index contributed by atoms with van der Waals surface area (Å²) in [6.45, 7) is 14.9. The first kappa shape index (κ1) is 26.2. The Hall–Kier alpha value is -0.770. The van der Waals surface area contributed by atoms with E-state index in [0.29, 0.717) is 31.5 Å². The van der Waals surface area contributed by atoms with E-state index >= 15 is 0 Å². The van der Waals surface area contributed by atoms with Crippen LogP contribution < -0.4 is 10.6 Å². The summed E-state index contributed by atoms with van der Waals surface area (Å²) in [7, 11) is 0. The van der Waals surface area contributed by atoms with Gasteiger partial charge in [0.05, 0.1) is 6.04 Å². The van der Waals surface area contributed by atoms with Gasteiger partial charge in [-0.3, -0.25) is 4.99 Å². The fraction of sp³-hybridized carbons (Fsp3) is 0.895. The first-order valence-corrected chi connectivity index (χ1v) is 9.78. The number of aliphatic hydroxyl groups is 1. The van der Waals surface area contributed by atoms with Crippen LogP contribution in [-0.4, -0.2) is 66.5 Å². The minimum Gasteiger partial charge on any atom is -0.444 e. The number of carbonyl (C=O) groups excluding carboxylic acids is 1. The van der Waals surface area contributed by atoms with Crippen LogP contribution in [0.5, 0.6) is 0 Å². The molecule has 1 saturated heterocycles. The van der Waals surface area contributed by atoms with Gasteiger partial charge in [-0.05, 0) is 52.4 Å². The van der Waals surface area contributed by atoms with Gasteiger partial charge in [0, 0.05) is 32.8 Å². The maximum atomic E-state index is 12.0. The van der Waals surface area contributed by atoms with Gasteiger partial charge < -0.3 is 25.4 Å². The number of aliphatic hydroxyl groups excluding tert-OH is 1. The molecule has 1 rings (SSSR count). The summed E-state index contributed by atoms with van der Waals surface area (Å²) in [5, 5.41) is 15.9. The molecule has 7 nitrogen and oxygen atoms in total. The topological polar surface area (TPSA) is 86.2 Å². The number of aliphatic imine (C=N–C) groups is 1. The van der Waals surface area contributed by atoms with Gasteiger partial charge in [-0.2, -0.15) is 0 Å². The summed E-state index contributed by atoms with van der Waals surface area (Å²) in [6.07, 6.45) is 1.56. The Kier molecular flexibility index (Phi) is 12.3. The SMILES string of the molecule is CCNC(=NCC(CCO)CC(C)C)NC1CN(C(=O)OC(C)(C)C)C1.I. The second-order valence-electron chi connectivity index (χ2n) is 8.45. The maximum Gasteiger partial charge on any atom is 0.410 e. The molecule has 0 aliphatic carbocycles. The van der Waals surface area contributed by atoms with Crippen molar-refractivity contribution in [2.24, 2.45) is 16.8 Å².